The van der Waals surface area contributed by atoms with Crippen LogP contribution < -0.4 is 4.72 Å². The molecule has 0 saturated heterocycles. The first-order chi connectivity index (χ1) is 9.08. The van der Waals surface area contributed by atoms with Gasteiger partial charge in [-0.3, -0.25) is 0 Å². The van der Waals surface area contributed by atoms with E-state index in [0.29, 0.717) is 0 Å². The lowest BCUT2D eigenvalue weighted by Crippen LogP contribution is -2.35. The second-order valence-electron chi connectivity index (χ2n) is 4.96. The normalized spacial score (nSPS) is 13.1. The molecule has 0 heterocycles. The number of nitrogens with one attached hydrogen (secondary N) is 1. The Morgan fingerprint density at radius 2 is 1.68 bits per heavy atom. The van der Waals surface area contributed by atoms with Crippen molar-refractivity contribution in [1.29, 1.82) is 5.26 Å². The second kappa shape index (κ2) is 11.2. The Morgan fingerprint density at radius 1 is 1.05 bits per heavy atom. The van der Waals surface area contributed by atoms with E-state index in [1.54, 1.807) is 0 Å². The molecular weight excluding hydrogens is 260 g/mol. The third kappa shape index (κ3) is 9.01. The molecule has 0 amide bonds. The van der Waals surface area contributed by atoms with E-state index in [9.17, 15) is 8.42 Å². The third-order valence-corrected chi connectivity index (χ3v) is 5.19. The van der Waals surface area contributed by atoms with Crippen LogP contribution in [0, 0.1) is 11.3 Å². The Kier molecular flexibility index (Phi) is 10.9. The van der Waals surface area contributed by atoms with Crippen LogP contribution in [0.3, 0.4) is 0 Å². The Balaban J connectivity index is 4.32. The van der Waals surface area contributed by atoms with E-state index >= 15 is 0 Å². The predicted molar refractivity (Wildman–Crippen MR) is 79.2 cm³/mol. The Labute approximate surface area is 118 Å². The molecular formula is C14H28N2O2S. The van der Waals surface area contributed by atoms with Crippen molar-refractivity contribution in [3.63, 3.8) is 0 Å². The van der Waals surface area contributed by atoms with Crippen molar-refractivity contribution in [3.05, 3.63) is 0 Å². The summed E-state index contributed by atoms with van der Waals surface area (Å²) < 4.78 is 26.9. The molecule has 0 aliphatic rings. The van der Waals surface area contributed by atoms with Crippen molar-refractivity contribution in [2.75, 3.05) is 6.54 Å². The summed E-state index contributed by atoms with van der Waals surface area (Å²) in [4.78, 5) is 0. The van der Waals surface area contributed by atoms with Crippen molar-refractivity contribution >= 4 is 10.0 Å². The number of nitrogens with zero attached hydrogens (tertiary/aromatic N) is 1. The summed E-state index contributed by atoms with van der Waals surface area (Å²) >= 11 is 0. The second-order valence-corrected chi connectivity index (χ2v) is 7.01. The van der Waals surface area contributed by atoms with Crippen molar-refractivity contribution in [1.82, 2.24) is 4.72 Å². The van der Waals surface area contributed by atoms with Gasteiger partial charge < -0.3 is 0 Å². The van der Waals surface area contributed by atoms with Crippen LogP contribution >= 0.6 is 0 Å². The molecule has 0 rings (SSSR count). The molecule has 0 fully saturated rings. The molecule has 0 spiro atoms. The van der Waals surface area contributed by atoms with Gasteiger partial charge in [0, 0.05) is 13.0 Å². The number of sulfonamides is 1. The minimum Gasteiger partial charge on any atom is -0.214 e. The average Bonchev–Trinajstić information content (AvgIpc) is 2.38. The molecule has 4 nitrogen and oxygen atoms in total. The van der Waals surface area contributed by atoms with Crippen LogP contribution in [0.1, 0.15) is 71.6 Å². The van der Waals surface area contributed by atoms with Gasteiger partial charge in [0.2, 0.25) is 10.0 Å². The highest BCUT2D eigenvalue weighted by atomic mass is 32.2. The summed E-state index contributed by atoms with van der Waals surface area (Å²) in [7, 11) is -3.26. The zero-order chi connectivity index (χ0) is 14.6. The van der Waals surface area contributed by atoms with Crippen LogP contribution in [-0.2, 0) is 10.0 Å². The quantitative estimate of drug-likeness (QED) is 0.560. The first-order valence-electron chi connectivity index (χ1n) is 7.43. The molecule has 0 aromatic rings. The number of rotatable bonds is 12. The minimum atomic E-state index is -3.26. The number of unbranched alkanes of at least 4 members (excludes halogenated alkanes) is 4. The maximum absolute atomic E-state index is 12.2. The van der Waals surface area contributed by atoms with Gasteiger partial charge in [0.05, 0.1) is 11.3 Å². The summed E-state index contributed by atoms with van der Waals surface area (Å²) in [5.74, 6) is 0. The standard InChI is InChI=1S/C14H28N2O2S/c1-3-5-7-8-11-14(10-6-4-2)19(17,18)16-13-9-12-15/h14,16H,3-11,13H2,1-2H3. The van der Waals surface area contributed by atoms with Gasteiger partial charge in [0.15, 0.2) is 0 Å². The molecule has 0 aliphatic heterocycles. The minimum absolute atomic E-state index is 0.232. The molecule has 0 bridgehead atoms. The first kappa shape index (κ1) is 18.4. The van der Waals surface area contributed by atoms with Gasteiger partial charge in [0.1, 0.15) is 0 Å². The first-order valence-corrected chi connectivity index (χ1v) is 8.98. The van der Waals surface area contributed by atoms with E-state index in [0.717, 1.165) is 44.9 Å². The lowest BCUT2D eigenvalue weighted by molar-refractivity contribution is 0.521. The maximum Gasteiger partial charge on any atom is 0.214 e. The molecule has 112 valence electrons. The van der Waals surface area contributed by atoms with Crippen molar-refractivity contribution in [2.24, 2.45) is 0 Å². The molecule has 1 atom stereocenters. The van der Waals surface area contributed by atoms with Crippen molar-refractivity contribution in [3.8, 4) is 6.07 Å². The van der Waals surface area contributed by atoms with E-state index in [1.165, 1.54) is 6.42 Å². The molecule has 0 aliphatic carbocycles. The average molecular weight is 288 g/mol. The molecule has 0 saturated carbocycles. The number of hydrogen-bond acceptors (Lipinski definition) is 3. The molecule has 0 radical (unpaired) electrons. The van der Waals surface area contributed by atoms with Crippen LogP contribution in [-0.4, -0.2) is 20.2 Å². The van der Waals surface area contributed by atoms with Crippen LogP contribution in [0.2, 0.25) is 0 Å². The van der Waals surface area contributed by atoms with E-state index in [-0.39, 0.29) is 18.2 Å². The molecule has 0 aromatic heterocycles. The maximum atomic E-state index is 12.2. The van der Waals surface area contributed by atoms with Gasteiger partial charge in [0.25, 0.3) is 0 Å². The highest BCUT2D eigenvalue weighted by molar-refractivity contribution is 7.90. The summed E-state index contributed by atoms with van der Waals surface area (Å²) in [5, 5.41) is 8.17. The van der Waals surface area contributed by atoms with Crippen molar-refractivity contribution < 1.29 is 8.42 Å². The largest absolute Gasteiger partial charge is 0.214 e. The number of hydrogen-bond donors (Lipinski definition) is 1. The van der Waals surface area contributed by atoms with E-state index in [2.05, 4.69) is 18.6 Å². The smallest absolute Gasteiger partial charge is 0.214 e. The van der Waals surface area contributed by atoms with Crippen molar-refractivity contribution in [2.45, 2.75) is 76.9 Å². The highest BCUT2D eigenvalue weighted by Gasteiger charge is 2.23. The fourth-order valence-electron chi connectivity index (χ4n) is 2.05. The van der Waals surface area contributed by atoms with E-state index in [1.807, 2.05) is 6.07 Å². The van der Waals surface area contributed by atoms with Crippen LogP contribution in [0.4, 0.5) is 0 Å². The van der Waals surface area contributed by atoms with Crippen LogP contribution in [0.15, 0.2) is 0 Å². The molecule has 0 aromatic carbocycles. The van der Waals surface area contributed by atoms with Gasteiger partial charge in [-0.25, -0.2) is 13.1 Å². The van der Waals surface area contributed by atoms with E-state index < -0.39 is 10.0 Å². The Bertz CT molecular complexity index is 347. The van der Waals surface area contributed by atoms with Gasteiger partial charge >= 0.3 is 0 Å². The topological polar surface area (TPSA) is 70.0 Å². The summed E-state index contributed by atoms with van der Waals surface area (Å²) in [6, 6.07) is 1.96. The molecule has 1 N–H and O–H groups in total. The monoisotopic (exact) mass is 288 g/mol. The fraction of sp³-hybridized carbons (Fsp3) is 0.929. The zero-order valence-electron chi connectivity index (χ0n) is 12.3. The Hall–Kier alpha value is -0.600. The summed E-state index contributed by atoms with van der Waals surface area (Å²) in [5.41, 5.74) is 0. The lowest BCUT2D eigenvalue weighted by Gasteiger charge is -2.17. The summed E-state index contributed by atoms with van der Waals surface area (Å²) in [6.45, 7) is 4.45. The third-order valence-electron chi connectivity index (χ3n) is 3.24. The highest BCUT2D eigenvalue weighted by Crippen LogP contribution is 2.17. The van der Waals surface area contributed by atoms with Gasteiger partial charge in [-0.15, -0.1) is 0 Å². The van der Waals surface area contributed by atoms with Gasteiger partial charge in [-0.1, -0.05) is 52.4 Å². The Morgan fingerprint density at radius 3 is 2.26 bits per heavy atom. The molecule has 19 heavy (non-hydrogen) atoms. The van der Waals surface area contributed by atoms with E-state index in [4.69, 9.17) is 5.26 Å². The fourth-order valence-corrected chi connectivity index (χ4v) is 3.63. The van der Waals surface area contributed by atoms with Gasteiger partial charge in [-0.05, 0) is 12.8 Å². The van der Waals surface area contributed by atoms with Crippen LogP contribution in [0.25, 0.3) is 0 Å². The zero-order valence-corrected chi connectivity index (χ0v) is 13.1. The molecule has 1 unspecified atom stereocenters. The SMILES string of the molecule is CCCCCCC(CCCC)S(=O)(=O)NCCC#N. The molecule has 5 heteroatoms. The number of nitriles is 1. The summed E-state index contributed by atoms with van der Waals surface area (Å²) in [6.07, 6.45) is 8.06. The van der Waals surface area contributed by atoms with Gasteiger partial charge in [-0.2, -0.15) is 5.26 Å². The lowest BCUT2D eigenvalue weighted by atomic mass is 10.1. The van der Waals surface area contributed by atoms with Crippen LogP contribution in [0.5, 0.6) is 0 Å². The predicted octanol–water partition coefficient (Wildman–Crippen LogP) is 3.35.